The van der Waals surface area contributed by atoms with Crippen molar-refractivity contribution < 1.29 is 0 Å². The molecule has 1 rings (SSSR count). The fourth-order valence-corrected chi connectivity index (χ4v) is 1.58. The van der Waals surface area contributed by atoms with Crippen LogP contribution in [0.3, 0.4) is 0 Å². The van der Waals surface area contributed by atoms with Crippen LogP contribution in [0.25, 0.3) is 0 Å². The summed E-state index contributed by atoms with van der Waals surface area (Å²) in [7, 11) is 0. The van der Waals surface area contributed by atoms with Gasteiger partial charge in [-0.25, -0.2) is 4.98 Å². The summed E-state index contributed by atoms with van der Waals surface area (Å²) >= 11 is 3.44. The number of nitrogens with zero attached hydrogens (tertiary/aromatic N) is 1. The summed E-state index contributed by atoms with van der Waals surface area (Å²) in [5.74, 6) is 1.76. The van der Waals surface area contributed by atoms with E-state index >= 15 is 0 Å². The zero-order chi connectivity index (χ0) is 11.3. The summed E-state index contributed by atoms with van der Waals surface area (Å²) < 4.78 is 1.07. The molecule has 3 heteroatoms. The SMILES string of the molecule is Cc1cc(NCCCC(C)C)ncc1Br. The van der Waals surface area contributed by atoms with Crippen LogP contribution in [-0.2, 0) is 0 Å². The second-order valence-corrected chi connectivity index (χ2v) is 5.14. The van der Waals surface area contributed by atoms with Gasteiger partial charge in [0.25, 0.3) is 0 Å². The highest BCUT2D eigenvalue weighted by Crippen LogP contribution is 2.17. The molecule has 0 amide bonds. The van der Waals surface area contributed by atoms with Crippen LogP contribution in [0, 0.1) is 12.8 Å². The summed E-state index contributed by atoms with van der Waals surface area (Å²) in [5, 5.41) is 3.34. The number of hydrogen-bond donors (Lipinski definition) is 1. The lowest BCUT2D eigenvalue weighted by molar-refractivity contribution is 0.566. The Kier molecular flexibility index (Phi) is 5.09. The van der Waals surface area contributed by atoms with Gasteiger partial charge in [0.05, 0.1) is 0 Å². The Hall–Kier alpha value is -0.570. The van der Waals surface area contributed by atoms with E-state index in [1.165, 1.54) is 18.4 Å². The quantitative estimate of drug-likeness (QED) is 0.819. The maximum absolute atomic E-state index is 4.30. The number of aromatic nitrogens is 1. The standard InChI is InChI=1S/C12H19BrN2/c1-9(2)5-4-6-14-12-7-10(3)11(13)8-15-12/h7-9H,4-6H2,1-3H3,(H,14,15). The van der Waals surface area contributed by atoms with Gasteiger partial charge in [-0.15, -0.1) is 0 Å². The fourth-order valence-electron chi connectivity index (χ4n) is 1.36. The minimum atomic E-state index is 0.784. The molecule has 15 heavy (non-hydrogen) atoms. The van der Waals surface area contributed by atoms with Crippen molar-refractivity contribution in [3.63, 3.8) is 0 Å². The summed E-state index contributed by atoms with van der Waals surface area (Å²) in [4.78, 5) is 4.30. The second kappa shape index (κ2) is 6.11. The number of hydrogen-bond acceptors (Lipinski definition) is 2. The first-order chi connectivity index (χ1) is 7.09. The Morgan fingerprint density at radius 3 is 2.80 bits per heavy atom. The highest BCUT2D eigenvalue weighted by atomic mass is 79.9. The van der Waals surface area contributed by atoms with Crippen LogP contribution in [0.1, 0.15) is 32.3 Å². The van der Waals surface area contributed by atoms with Gasteiger partial charge < -0.3 is 5.32 Å². The monoisotopic (exact) mass is 270 g/mol. The molecule has 0 aliphatic heterocycles. The van der Waals surface area contributed by atoms with E-state index in [1.807, 2.05) is 6.20 Å². The molecule has 84 valence electrons. The van der Waals surface area contributed by atoms with Crippen LogP contribution in [0.2, 0.25) is 0 Å². The molecule has 0 bridgehead atoms. The number of halogens is 1. The lowest BCUT2D eigenvalue weighted by atomic mass is 10.1. The smallest absolute Gasteiger partial charge is 0.126 e. The highest BCUT2D eigenvalue weighted by Gasteiger charge is 1.98. The molecular weight excluding hydrogens is 252 g/mol. The molecule has 2 nitrogen and oxygen atoms in total. The molecule has 0 aliphatic carbocycles. The lowest BCUT2D eigenvalue weighted by Gasteiger charge is -2.08. The average molecular weight is 271 g/mol. The summed E-state index contributed by atoms with van der Waals surface area (Å²) in [6.45, 7) is 7.58. The predicted molar refractivity (Wildman–Crippen MR) is 69.2 cm³/mol. The fraction of sp³-hybridized carbons (Fsp3) is 0.583. The van der Waals surface area contributed by atoms with Crippen LogP contribution >= 0.6 is 15.9 Å². The first kappa shape index (κ1) is 12.5. The van der Waals surface area contributed by atoms with E-state index in [9.17, 15) is 0 Å². The molecule has 0 saturated carbocycles. The van der Waals surface area contributed by atoms with Gasteiger partial charge in [0.2, 0.25) is 0 Å². The molecule has 1 aromatic heterocycles. The van der Waals surface area contributed by atoms with E-state index < -0.39 is 0 Å². The van der Waals surface area contributed by atoms with Gasteiger partial charge in [-0.3, -0.25) is 0 Å². The molecule has 0 atom stereocenters. The maximum Gasteiger partial charge on any atom is 0.126 e. The minimum Gasteiger partial charge on any atom is -0.370 e. The average Bonchev–Trinajstić information content (AvgIpc) is 2.18. The summed E-state index contributed by atoms with van der Waals surface area (Å²) in [6.07, 6.45) is 4.32. The number of nitrogens with one attached hydrogen (secondary N) is 1. The van der Waals surface area contributed by atoms with E-state index in [4.69, 9.17) is 0 Å². The van der Waals surface area contributed by atoms with Crippen molar-refractivity contribution in [2.45, 2.75) is 33.6 Å². The van der Waals surface area contributed by atoms with Crippen molar-refractivity contribution in [1.29, 1.82) is 0 Å². The Balaban J connectivity index is 2.35. The van der Waals surface area contributed by atoms with Gasteiger partial charge >= 0.3 is 0 Å². The molecule has 0 radical (unpaired) electrons. The number of aryl methyl sites for hydroxylation is 1. The molecule has 0 aliphatic rings. The predicted octanol–water partition coefficient (Wildman–Crippen LogP) is 4.00. The zero-order valence-corrected chi connectivity index (χ0v) is 11.3. The van der Waals surface area contributed by atoms with Crippen LogP contribution in [0.15, 0.2) is 16.7 Å². The molecule has 1 aromatic rings. The van der Waals surface area contributed by atoms with Crippen LogP contribution < -0.4 is 5.32 Å². The maximum atomic E-state index is 4.30. The third-order valence-electron chi connectivity index (χ3n) is 2.31. The van der Waals surface area contributed by atoms with E-state index in [-0.39, 0.29) is 0 Å². The Morgan fingerprint density at radius 2 is 2.20 bits per heavy atom. The van der Waals surface area contributed by atoms with Crippen molar-refractivity contribution in [2.75, 3.05) is 11.9 Å². The Morgan fingerprint density at radius 1 is 1.47 bits per heavy atom. The second-order valence-electron chi connectivity index (χ2n) is 4.28. The van der Waals surface area contributed by atoms with E-state index in [2.05, 4.69) is 53.1 Å². The molecular formula is C12H19BrN2. The first-order valence-corrected chi connectivity index (χ1v) is 6.25. The third kappa shape index (κ3) is 4.65. The van der Waals surface area contributed by atoms with Crippen molar-refractivity contribution in [1.82, 2.24) is 4.98 Å². The number of anilines is 1. The van der Waals surface area contributed by atoms with Crippen LogP contribution in [0.4, 0.5) is 5.82 Å². The van der Waals surface area contributed by atoms with Gasteiger partial charge in [0.1, 0.15) is 5.82 Å². The normalized spacial score (nSPS) is 10.7. The lowest BCUT2D eigenvalue weighted by Crippen LogP contribution is -2.04. The van der Waals surface area contributed by atoms with E-state index in [0.717, 1.165) is 22.8 Å². The summed E-state index contributed by atoms with van der Waals surface area (Å²) in [6, 6.07) is 2.07. The highest BCUT2D eigenvalue weighted by molar-refractivity contribution is 9.10. The largest absolute Gasteiger partial charge is 0.370 e. The molecule has 0 spiro atoms. The van der Waals surface area contributed by atoms with Crippen molar-refractivity contribution in [3.8, 4) is 0 Å². The number of pyridine rings is 1. The van der Waals surface area contributed by atoms with E-state index in [1.54, 1.807) is 0 Å². The Labute approximate surface area is 101 Å². The van der Waals surface area contributed by atoms with Crippen molar-refractivity contribution >= 4 is 21.7 Å². The topological polar surface area (TPSA) is 24.9 Å². The number of rotatable bonds is 5. The van der Waals surface area contributed by atoms with Gasteiger partial charge in [-0.2, -0.15) is 0 Å². The van der Waals surface area contributed by atoms with Crippen molar-refractivity contribution in [2.24, 2.45) is 5.92 Å². The Bertz CT molecular complexity index is 310. The molecule has 0 fully saturated rings. The van der Waals surface area contributed by atoms with Gasteiger partial charge in [-0.05, 0) is 53.2 Å². The molecule has 1 heterocycles. The molecule has 0 unspecified atom stereocenters. The van der Waals surface area contributed by atoms with Crippen molar-refractivity contribution in [3.05, 3.63) is 22.3 Å². The first-order valence-electron chi connectivity index (χ1n) is 5.45. The minimum absolute atomic E-state index is 0.784. The van der Waals surface area contributed by atoms with Gasteiger partial charge in [0.15, 0.2) is 0 Å². The van der Waals surface area contributed by atoms with Crippen LogP contribution in [-0.4, -0.2) is 11.5 Å². The third-order valence-corrected chi connectivity index (χ3v) is 3.14. The zero-order valence-electron chi connectivity index (χ0n) is 9.68. The van der Waals surface area contributed by atoms with Crippen LogP contribution in [0.5, 0.6) is 0 Å². The molecule has 1 N–H and O–H groups in total. The van der Waals surface area contributed by atoms with Gasteiger partial charge in [0, 0.05) is 17.2 Å². The van der Waals surface area contributed by atoms with Gasteiger partial charge in [-0.1, -0.05) is 13.8 Å². The molecule has 0 aromatic carbocycles. The van der Waals surface area contributed by atoms with E-state index in [0.29, 0.717) is 0 Å². The summed E-state index contributed by atoms with van der Waals surface area (Å²) in [5.41, 5.74) is 1.22. The molecule has 0 saturated heterocycles.